The van der Waals surface area contributed by atoms with Gasteiger partial charge in [0.15, 0.2) is 5.16 Å². The molecule has 0 aliphatic rings. The zero-order valence-electron chi connectivity index (χ0n) is 16.3. The second-order valence-electron chi connectivity index (χ2n) is 6.96. The number of hydrogen-bond donors (Lipinski definition) is 1. The number of fused-ring (bicyclic) bond motifs is 2. The molecular formula is C23H21N3O2S. The van der Waals surface area contributed by atoms with Crippen molar-refractivity contribution in [1.29, 1.82) is 0 Å². The van der Waals surface area contributed by atoms with Gasteiger partial charge in [0.1, 0.15) is 0 Å². The molecule has 4 rings (SSSR count). The van der Waals surface area contributed by atoms with Crippen molar-refractivity contribution >= 4 is 39.3 Å². The Morgan fingerprint density at radius 1 is 1.07 bits per heavy atom. The Bertz CT molecular complexity index is 1270. The monoisotopic (exact) mass is 403 g/mol. The van der Waals surface area contributed by atoms with Gasteiger partial charge in [-0.15, -0.1) is 0 Å². The maximum Gasteiger partial charge on any atom is 0.261 e. The molecule has 1 heterocycles. The SMILES string of the molecule is CC(NC(=O)CSc1nc2ccccc2c(=O)n1C)c1ccc2ccccc2c1. The maximum atomic E-state index is 12.5. The van der Waals surface area contributed by atoms with Gasteiger partial charge in [0, 0.05) is 7.05 Å². The molecule has 0 aliphatic heterocycles. The van der Waals surface area contributed by atoms with Crippen LogP contribution < -0.4 is 10.9 Å². The van der Waals surface area contributed by atoms with E-state index in [9.17, 15) is 9.59 Å². The molecule has 4 aromatic rings. The predicted octanol–water partition coefficient (Wildman–Crippen LogP) is 4.06. The van der Waals surface area contributed by atoms with Gasteiger partial charge in [0.25, 0.3) is 5.56 Å². The van der Waals surface area contributed by atoms with Crippen molar-refractivity contribution < 1.29 is 4.79 Å². The molecule has 1 atom stereocenters. The standard InChI is InChI=1S/C23H21N3O2S/c1-15(17-12-11-16-7-3-4-8-18(16)13-17)24-21(27)14-29-23-25-20-10-6-5-9-19(20)22(28)26(23)2/h3-13,15H,14H2,1-2H3,(H,24,27). The van der Waals surface area contributed by atoms with Crippen LogP contribution in [-0.2, 0) is 11.8 Å². The number of nitrogens with one attached hydrogen (secondary N) is 1. The first-order valence-corrected chi connectivity index (χ1v) is 10.4. The summed E-state index contributed by atoms with van der Waals surface area (Å²) in [7, 11) is 1.68. The van der Waals surface area contributed by atoms with Gasteiger partial charge in [-0.3, -0.25) is 14.2 Å². The molecule has 0 bridgehead atoms. The van der Waals surface area contributed by atoms with Crippen molar-refractivity contribution in [1.82, 2.24) is 14.9 Å². The minimum absolute atomic E-state index is 0.0990. The molecule has 5 nitrogen and oxygen atoms in total. The van der Waals surface area contributed by atoms with Gasteiger partial charge in [0.05, 0.1) is 22.7 Å². The van der Waals surface area contributed by atoms with E-state index in [0.717, 1.165) is 10.9 Å². The summed E-state index contributed by atoms with van der Waals surface area (Å²) in [4.78, 5) is 29.5. The van der Waals surface area contributed by atoms with E-state index < -0.39 is 0 Å². The third-order valence-electron chi connectivity index (χ3n) is 4.93. The van der Waals surface area contributed by atoms with Gasteiger partial charge in [0.2, 0.25) is 5.91 Å². The van der Waals surface area contributed by atoms with Gasteiger partial charge in [-0.25, -0.2) is 4.98 Å². The fourth-order valence-corrected chi connectivity index (χ4v) is 4.08. The molecule has 0 spiro atoms. The van der Waals surface area contributed by atoms with Crippen molar-refractivity contribution in [3.05, 3.63) is 82.6 Å². The van der Waals surface area contributed by atoms with Crippen molar-refractivity contribution in [3.63, 3.8) is 0 Å². The summed E-state index contributed by atoms with van der Waals surface area (Å²) in [6, 6.07) is 21.5. The minimum atomic E-state index is -0.110. The molecule has 6 heteroatoms. The van der Waals surface area contributed by atoms with Crippen LogP contribution >= 0.6 is 11.8 Å². The highest BCUT2D eigenvalue weighted by atomic mass is 32.2. The Morgan fingerprint density at radius 2 is 1.79 bits per heavy atom. The average Bonchev–Trinajstić information content (AvgIpc) is 2.75. The van der Waals surface area contributed by atoms with E-state index in [4.69, 9.17) is 0 Å². The van der Waals surface area contributed by atoms with Crippen LogP contribution in [0.2, 0.25) is 0 Å². The number of rotatable bonds is 5. The lowest BCUT2D eigenvalue weighted by Gasteiger charge is -2.15. The molecule has 0 fully saturated rings. The predicted molar refractivity (Wildman–Crippen MR) is 118 cm³/mol. The molecule has 0 radical (unpaired) electrons. The molecule has 0 saturated heterocycles. The second-order valence-corrected chi connectivity index (χ2v) is 7.90. The zero-order valence-corrected chi connectivity index (χ0v) is 17.1. The molecule has 1 unspecified atom stereocenters. The largest absolute Gasteiger partial charge is 0.349 e. The third-order valence-corrected chi connectivity index (χ3v) is 5.96. The number of para-hydroxylation sites is 1. The second kappa shape index (κ2) is 8.09. The third kappa shape index (κ3) is 4.03. The average molecular weight is 404 g/mol. The summed E-state index contributed by atoms with van der Waals surface area (Å²) in [5.41, 5.74) is 1.59. The fraction of sp³-hybridized carbons (Fsp3) is 0.174. The summed E-state index contributed by atoms with van der Waals surface area (Å²) in [5.74, 6) is 0.0920. The van der Waals surface area contributed by atoms with E-state index in [-0.39, 0.29) is 23.3 Å². The first-order chi connectivity index (χ1) is 14.0. The van der Waals surface area contributed by atoms with Crippen LogP contribution in [0.5, 0.6) is 0 Å². The number of carbonyl (C=O) groups excluding carboxylic acids is 1. The first-order valence-electron chi connectivity index (χ1n) is 9.39. The highest BCUT2D eigenvalue weighted by Gasteiger charge is 2.13. The summed E-state index contributed by atoms with van der Waals surface area (Å²) in [5, 5.41) is 6.46. The quantitative estimate of drug-likeness (QED) is 0.403. The lowest BCUT2D eigenvalue weighted by molar-refractivity contribution is -0.119. The number of hydrogen-bond acceptors (Lipinski definition) is 4. The van der Waals surface area contributed by atoms with Crippen molar-refractivity contribution in [2.24, 2.45) is 7.05 Å². The summed E-state index contributed by atoms with van der Waals surface area (Å²) in [6.45, 7) is 1.97. The first kappa shape index (κ1) is 19.2. The lowest BCUT2D eigenvalue weighted by atomic mass is 10.0. The van der Waals surface area contributed by atoms with Gasteiger partial charge < -0.3 is 5.32 Å². The smallest absolute Gasteiger partial charge is 0.261 e. The number of benzene rings is 3. The Kier molecular flexibility index (Phi) is 5.36. The van der Waals surface area contributed by atoms with E-state index in [2.05, 4.69) is 34.6 Å². The molecule has 146 valence electrons. The molecule has 0 aliphatic carbocycles. The van der Waals surface area contributed by atoms with Crippen LogP contribution in [0.25, 0.3) is 21.7 Å². The van der Waals surface area contributed by atoms with Crippen LogP contribution in [0.1, 0.15) is 18.5 Å². The lowest BCUT2D eigenvalue weighted by Crippen LogP contribution is -2.28. The molecule has 1 amide bonds. The fourth-order valence-electron chi connectivity index (χ4n) is 3.30. The van der Waals surface area contributed by atoms with Crippen molar-refractivity contribution in [3.8, 4) is 0 Å². The van der Waals surface area contributed by atoms with E-state index in [1.165, 1.54) is 21.7 Å². The molecular weight excluding hydrogens is 382 g/mol. The van der Waals surface area contributed by atoms with Gasteiger partial charge in [-0.2, -0.15) is 0 Å². The zero-order chi connectivity index (χ0) is 20.4. The van der Waals surface area contributed by atoms with Crippen molar-refractivity contribution in [2.75, 3.05) is 5.75 Å². The van der Waals surface area contributed by atoms with Crippen LogP contribution in [0.4, 0.5) is 0 Å². The number of nitrogens with zero attached hydrogens (tertiary/aromatic N) is 2. The Morgan fingerprint density at radius 3 is 2.62 bits per heavy atom. The maximum absolute atomic E-state index is 12.5. The molecule has 29 heavy (non-hydrogen) atoms. The van der Waals surface area contributed by atoms with Crippen LogP contribution in [0.3, 0.4) is 0 Å². The summed E-state index contributed by atoms with van der Waals surface area (Å²) >= 11 is 1.26. The van der Waals surface area contributed by atoms with Crippen LogP contribution in [0.15, 0.2) is 76.7 Å². The number of aromatic nitrogens is 2. The summed E-state index contributed by atoms with van der Waals surface area (Å²) < 4.78 is 1.49. The molecule has 1 aromatic heterocycles. The van der Waals surface area contributed by atoms with E-state index in [1.807, 2.05) is 43.3 Å². The Hall–Kier alpha value is -3.12. The Labute approximate surface area is 172 Å². The topological polar surface area (TPSA) is 64.0 Å². The van der Waals surface area contributed by atoms with Gasteiger partial charge >= 0.3 is 0 Å². The van der Waals surface area contributed by atoms with E-state index in [1.54, 1.807) is 13.1 Å². The Balaban J connectivity index is 1.45. The highest BCUT2D eigenvalue weighted by molar-refractivity contribution is 7.99. The molecule has 0 saturated carbocycles. The van der Waals surface area contributed by atoms with Crippen LogP contribution in [-0.4, -0.2) is 21.2 Å². The van der Waals surface area contributed by atoms with Crippen molar-refractivity contribution in [2.45, 2.75) is 18.1 Å². The minimum Gasteiger partial charge on any atom is -0.349 e. The number of amides is 1. The van der Waals surface area contributed by atoms with Crippen LogP contribution in [0, 0.1) is 0 Å². The highest BCUT2D eigenvalue weighted by Crippen LogP contribution is 2.21. The van der Waals surface area contributed by atoms with E-state index in [0.29, 0.717) is 16.1 Å². The normalized spacial score (nSPS) is 12.2. The number of carbonyl (C=O) groups is 1. The van der Waals surface area contributed by atoms with Gasteiger partial charge in [-0.05, 0) is 41.5 Å². The van der Waals surface area contributed by atoms with Gasteiger partial charge in [-0.1, -0.05) is 60.3 Å². The van der Waals surface area contributed by atoms with E-state index >= 15 is 0 Å². The molecule has 1 N–H and O–H groups in total. The number of thioether (sulfide) groups is 1. The summed E-state index contributed by atoms with van der Waals surface area (Å²) in [6.07, 6.45) is 0. The molecule has 3 aromatic carbocycles.